The van der Waals surface area contributed by atoms with E-state index in [-0.39, 0.29) is 34.5 Å². The third-order valence-corrected chi connectivity index (χ3v) is 29.7. The Bertz CT molecular complexity index is 8360. The van der Waals surface area contributed by atoms with E-state index >= 15 is 9.59 Å². The van der Waals surface area contributed by atoms with E-state index in [1.54, 1.807) is 151 Å². The number of hydrogen-bond acceptors (Lipinski definition) is 3. The molecular formula is C87H19FeNO3+2. The molecule has 2 saturated carbocycles. The van der Waals surface area contributed by atoms with Crippen molar-refractivity contribution in [2.45, 2.75) is 16.9 Å². The first-order valence-corrected chi connectivity index (χ1v) is 32.9. The number of benzene rings is 20. The Hall–Kier alpha value is -9.77. The number of hydrogen-bond donors (Lipinski definition) is 0. The summed E-state index contributed by atoms with van der Waals surface area (Å²) in [5.74, 6) is 0.526. The molecule has 30 aromatic carbocycles. The van der Waals surface area contributed by atoms with Crippen molar-refractivity contribution in [1.82, 2.24) is 4.90 Å². The predicted molar refractivity (Wildman–Crippen MR) is 370 cm³/mol. The van der Waals surface area contributed by atoms with Crippen LogP contribution >= 0.6 is 0 Å². The van der Waals surface area contributed by atoms with Crippen LogP contribution in [0.5, 0.6) is 0 Å². The second kappa shape index (κ2) is 10.2. The van der Waals surface area contributed by atoms with E-state index in [1.807, 2.05) is 88.1 Å². The number of ketones is 2. The Morgan fingerprint density at radius 2 is 0.554 bits per heavy atom. The first-order valence-electron chi connectivity index (χ1n) is 32.9. The van der Waals surface area contributed by atoms with Crippen LogP contribution in [0.2, 0.25) is 0 Å². The minimum Gasteiger partial charge on any atom is -0.333 e. The minimum absolute atomic E-state index is 0. The molecule has 1 atom stereocenters. The molecule has 1 saturated heterocycles. The number of carbonyl (C=O) groups is 3. The first-order chi connectivity index (χ1) is 45.1. The van der Waals surface area contributed by atoms with Crippen molar-refractivity contribution < 1.29 is 31.5 Å². The Balaban J connectivity index is 0.000000708. The van der Waals surface area contributed by atoms with Gasteiger partial charge in [0.05, 0.1) is 22.8 Å². The number of rotatable bonds is 2. The van der Waals surface area contributed by atoms with E-state index in [0.717, 1.165) is 5.56 Å². The van der Waals surface area contributed by atoms with Gasteiger partial charge in [0.2, 0.25) is 5.91 Å². The molecule has 0 bridgehead atoms. The van der Waals surface area contributed by atoms with Gasteiger partial charge in [0.1, 0.15) is 0 Å². The van der Waals surface area contributed by atoms with E-state index in [4.69, 9.17) is 0 Å². The van der Waals surface area contributed by atoms with Crippen molar-refractivity contribution in [3.8, 4) is 0 Å². The SMILES string of the molecule is O=C1c2ccccc2C(=O)c2cc(C3N(C(=O)[C]4[CH][CH][CH][CH]4)CC45c6c7c8c9c%10c%11c(c%12c%13c4c4c6c6c%14c7c7c8c8c%10c%10c%15c%11c%11c%12c%12c%13c%13c4c4c6c6c%14c%14c7c7c8c%10c8c%10c%15c%11c%11c%12c%12c%13c4c4c6c6c%14c7c8c7c%10c%11c%12c4c67)C935)ccc21.[CH]1[CH][CH][CH][CH]1.[Fe+2]. The van der Waals surface area contributed by atoms with Crippen LogP contribution in [0.15, 0.2) is 42.5 Å². The minimum atomic E-state index is -0.839. The van der Waals surface area contributed by atoms with Gasteiger partial charge in [0.15, 0.2) is 11.6 Å². The predicted octanol–water partition coefficient (Wildman–Crippen LogP) is 20.1. The largest absolute Gasteiger partial charge is 2.00 e. The quantitative estimate of drug-likeness (QED) is 0.128. The summed E-state index contributed by atoms with van der Waals surface area (Å²) >= 11 is 0. The summed E-state index contributed by atoms with van der Waals surface area (Å²) in [6.45, 7) is 0.504. The maximum atomic E-state index is 16.9. The number of carbonyl (C=O) groups excluding carboxylic acids is 3. The monoisotopic (exact) mass is 1180 g/mol. The van der Waals surface area contributed by atoms with Gasteiger partial charge in [-0.15, -0.1) is 0 Å². The molecule has 5 heteroatoms. The first kappa shape index (κ1) is 40.2. The van der Waals surface area contributed by atoms with Crippen LogP contribution in [0.1, 0.15) is 65.7 Å². The van der Waals surface area contributed by atoms with Crippen LogP contribution in [0.25, 0.3) is 291 Å². The second-order valence-electron chi connectivity index (χ2n) is 30.9. The van der Waals surface area contributed by atoms with Crippen molar-refractivity contribution in [3.63, 3.8) is 0 Å². The molecule has 1 heterocycles. The molecule has 30 aromatic rings. The molecule has 396 valence electrons. The third-order valence-electron chi connectivity index (χ3n) is 29.7. The normalized spacial score (nSPS) is 22.9. The van der Waals surface area contributed by atoms with Gasteiger partial charge >= 0.3 is 17.1 Å². The molecule has 0 N–H and O–H groups in total. The van der Waals surface area contributed by atoms with Crippen molar-refractivity contribution in [2.24, 2.45) is 0 Å². The molecular weight excluding hydrogens is 1160 g/mol. The van der Waals surface area contributed by atoms with Gasteiger partial charge < -0.3 is 4.90 Å². The molecule has 1 amide bonds. The van der Waals surface area contributed by atoms with Crippen LogP contribution in [0, 0.1) is 63.7 Å². The van der Waals surface area contributed by atoms with E-state index in [2.05, 4.69) is 17.0 Å². The van der Waals surface area contributed by atoms with Crippen LogP contribution in [-0.4, -0.2) is 28.9 Å². The number of likely N-dealkylation sites (tertiary alicyclic amines) is 1. The van der Waals surface area contributed by atoms with Gasteiger partial charge in [0, 0.05) is 28.8 Å². The summed E-state index contributed by atoms with van der Waals surface area (Å²) in [7, 11) is 0. The van der Waals surface area contributed by atoms with Gasteiger partial charge in [-0.1, -0.05) is 30.3 Å². The third kappa shape index (κ3) is 2.58. The van der Waals surface area contributed by atoms with Gasteiger partial charge in [-0.3, -0.25) is 14.4 Å². The van der Waals surface area contributed by atoms with Crippen molar-refractivity contribution >= 4 is 308 Å². The van der Waals surface area contributed by atoms with Crippen molar-refractivity contribution in [3.05, 3.63) is 156 Å². The number of amides is 1. The summed E-state index contributed by atoms with van der Waals surface area (Å²) in [5, 5.41) is 82.9. The molecule has 3 fully saturated rings. The summed E-state index contributed by atoms with van der Waals surface area (Å²) in [5.41, 5.74) is 7.19. The average molecular weight is 1180 g/mol. The van der Waals surface area contributed by atoms with E-state index in [9.17, 15) is 4.79 Å². The summed E-state index contributed by atoms with van der Waals surface area (Å²) in [6, 6.07) is 13.2. The number of nitrogens with zero attached hydrogens (tertiary/aromatic N) is 1. The maximum absolute atomic E-state index is 16.9. The molecule has 1 aliphatic heterocycles. The second-order valence-corrected chi connectivity index (χ2v) is 30.9. The molecule has 92 heavy (non-hydrogen) atoms. The zero-order valence-corrected chi connectivity index (χ0v) is 48.2. The van der Waals surface area contributed by atoms with Crippen molar-refractivity contribution in [2.75, 3.05) is 6.54 Å². The molecule has 4 nitrogen and oxygen atoms in total. The van der Waals surface area contributed by atoms with Gasteiger partial charge in [0.25, 0.3) is 0 Å². The molecule has 7 aliphatic carbocycles. The zero-order chi connectivity index (χ0) is 55.9. The van der Waals surface area contributed by atoms with Gasteiger partial charge in [-0.2, -0.15) is 0 Å². The smallest absolute Gasteiger partial charge is 0.333 e. The van der Waals surface area contributed by atoms with Crippen LogP contribution in [-0.2, 0) is 32.7 Å². The van der Waals surface area contributed by atoms with Crippen LogP contribution < -0.4 is 0 Å². The average Bonchev–Trinajstić information content (AvgIpc) is 1.37. The molecule has 8 aliphatic rings. The molecule has 2 spiro atoms. The van der Waals surface area contributed by atoms with E-state index in [0.29, 0.717) is 34.7 Å². The Morgan fingerprint density at radius 3 is 0.848 bits per heavy atom. The summed E-state index contributed by atoms with van der Waals surface area (Å²) < 4.78 is 0. The fourth-order valence-electron chi connectivity index (χ4n) is 28.7. The van der Waals surface area contributed by atoms with E-state index < -0.39 is 16.9 Å². The summed E-state index contributed by atoms with van der Waals surface area (Å²) in [6.07, 6.45) is 18.1. The van der Waals surface area contributed by atoms with Gasteiger partial charge in [-0.05, 0) is 389 Å². The van der Waals surface area contributed by atoms with Crippen molar-refractivity contribution in [1.29, 1.82) is 0 Å². The standard InChI is InChI=1S/C82H14NO3.C5H5.Fe/c84-77-15-7-3-4-8-16(15)78(85)18-11-14(9-10-17(18)77)79-82-75-69-63-53-41-33-25-21-19-20-23-27(25)35(41)45-39-31(23)32-24(20)28-26-22(19)30-29(21)37-43(33)51-57-47(37)48-38(30)44-34(26)42-36(28)46-40(32)50-49(39)61(55(45)63)71(75)72-62(50)56(46)64-54(42)60-52(44)58(48)66-65(57)73(67(69)59(51)53)81(82,74(66)68(60)70(64)76(72)82)12-83(79)80(86)13-5-1-2-6-13;1-2-4-5-3-1;/h1-11,79H,12H2;1-5H;/q;;+2. The molecule has 1 unspecified atom stereocenters. The fraction of sp³-hybridized carbons (Fsp3) is 0.0460. The zero-order valence-electron chi connectivity index (χ0n) is 47.0. The number of fused-ring (bicyclic) bond motifs is 2. The summed E-state index contributed by atoms with van der Waals surface area (Å²) in [4.78, 5) is 49.6. The fourth-order valence-corrected chi connectivity index (χ4v) is 28.7. The topological polar surface area (TPSA) is 54.5 Å². The Labute approximate surface area is 520 Å². The van der Waals surface area contributed by atoms with E-state index in [1.165, 1.54) is 162 Å². The van der Waals surface area contributed by atoms with Crippen LogP contribution in [0.3, 0.4) is 0 Å². The maximum Gasteiger partial charge on any atom is 2.00 e. The van der Waals surface area contributed by atoms with Gasteiger partial charge in [-0.25, -0.2) is 0 Å². The molecule has 38 rings (SSSR count). The molecule has 10 radical (unpaired) electrons. The van der Waals surface area contributed by atoms with Crippen LogP contribution in [0.4, 0.5) is 0 Å². The Morgan fingerprint density at radius 1 is 0.304 bits per heavy atom. The molecule has 0 aromatic heterocycles. The Kier molecular flexibility index (Phi) is 4.46.